The Morgan fingerprint density at radius 3 is 2.71 bits per heavy atom. The Balaban J connectivity index is 0.000000211. The Bertz CT molecular complexity index is 878. The smallest absolute Gasteiger partial charge is 0.323 e. The van der Waals surface area contributed by atoms with Gasteiger partial charge in [-0.3, -0.25) is 20.3 Å². The molecular formula is C20H21FN6O. The predicted molar refractivity (Wildman–Crippen MR) is 101 cm³/mol. The molecule has 0 radical (unpaired) electrons. The highest BCUT2D eigenvalue weighted by Crippen LogP contribution is 2.32. The lowest BCUT2D eigenvalue weighted by atomic mass is 9.93. The molecule has 0 spiro atoms. The SMILES string of the molecule is N#Cc1cccc(F)c1.N=C1CCC(c2cnccn2)N1C(=O)NC1CCC1. The third kappa shape index (κ3) is 4.68. The fourth-order valence-corrected chi connectivity index (χ4v) is 3.09. The van der Waals surface area contributed by atoms with Crippen molar-refractivity contribution in [3.8, 4) is 6.07 Å². The van der Waals surface area contributed by atoms with Gasteiger partial charge in [0, 0.05) is 24.9 Å². The summed E-state index contributed by atoms with van der Waals surface area (Å²) in [6.07, 6.45) is 9.53. The van der Waals surface area contributed by atoms with Crippen molar-refractivity contribution in [1.29, 1.82) is 10.7 Å². The quantitative estimate of drug-likeness (QED) is 0.831. The number of nitrogens with zero attached hydrogens (tertiary/aromatic N) is 4. The summed E-state index contributed by atoms with van der Waals surface area (Å²) >= 11 is 0. The number of hydrogen-bond acceptors (Lipinski definition) is 5. The molecule has 2 N–H and O–H groups in total. The van der Waals surface area contributed by atoms with E-state index in [2.05, 4.69) is 15.3 Å². The van der Waals surface area contributed by atoms with Crippen molar-refractivity contribution in [1.82, 2.24) is 20.2 Å². The van der Waals surface area contributed by atoms with Gasteiger partial charge in [-0.1, -0.05) is 6.07 Å². The summed E-state index contributed by atoms with van der Waals surface area (Å²) in [6.45, 7) is 0. The zero-order valence-electron chi connectivity index (χ0n) is 15.3. The van der Waals surface area contributed by atoms with Gasteiger partial charge in [-0.05, 0) is 43.9 Å². The lowest BCUT2D eigenvalue weighted by Gasteiger charge is -2.31. The van der Waals surface area contributed by atoms with Crippen LogP contribution in [0.25, 0.3) is 0 Å². The van der Waals surface area contributed by atoms with Gasteiger partial charge in [-0.15, -0.1) is 0 Å². The van der Waals surface area contributed by atoms with Crippen LogP contribution in [-0.4, -0.2) is 32.8 Å². The van der Waals surface area contributed by atoms with Crippen LogP contribution in [-0.2, 0) is 0 Å². The molecular weight excluding hydrogens is 359 g/mol. The van der Waals surface area contributed by atoms with Crippen LogP contribution in [0.15, 0.2) is 42.9 Å². The number of amidine groups is 1. The first-order valence-electron chi connectivity index (χ1n) is 9.17. The number of hydrogen-bond donors (Lipinski definition) is 2. The monoisotopic (exact) mass is 380 g/mol. The van der Waals surface area contributed by atoms with E-state index in [1.54, 1.807) is 24.7 Å². The highest BCUT2D eigenvalue weighted by atomic mass is 19.1. The van der Waals surface area contributed by atoms with Gasteiger partial charge < -0.3 is 5.32 Å². The highest BCUT2D eigenvalue weighted by Gasteiger charge is 2.36. The first-order valence-corrected chi connectivity index (χ1v) is 9.17. The molecule has 2 aromatic rings. The first-order chi connectivity index (χ1) is 13.6. The predicted octanol–water partition coefficient (Wildman–Crippen LogP) is 3.55. The summed E-state index contributed by atoms with van der Waals surface area (Å²) < 4.78 is 12.2. The number of likely N-dealkylation sites (tertiary alicyclic amines) is 1. The van der Waals surface area contributed by atoms with Crippen molar-refractivity contribution in [2.75, 3.05) is 0 Å². The molecule has 1 atom stereocenters. The van der Waals surface area contributed by atoms with Crippen molar-refractivity contribution in [2.45, 2.75) is 44.2 Å². The van der Waals surface area contributed by atoms with Crippen LogP contribution in [0, 0.1) is 22.6 Å². The Kier molecular flexibility index (Phi) is 6.27. The molecule has 1 aromatic heterocycles. The number of amides is 2. The van der Waals surface area contributed by atoms with Crippen LogP contribution >= 0.6 is 0 Å². The molecule has 1 aliphatic heterocycles. The van der Waals surface area contributed by atoms with Crippen LogP contribution < -0.4 is 5.32 Å². The lowest BCUT2D eigenvalue weighted by molar-refractivity contribution is 0.199. The zero-order chi connectivity index (χ0) is 19.9. The van der Waals surface area contributed by atoms with Gasteiger partial charge in [0.15, 0.2) is 0 Å². The maximum Gasteiger partial charge on any atom is 0.323 e. The van der Waals surface area contributed by atoms with Gasteiger partial charge >= 0.3 is 6.03 Å². The van der Waals surface area contributed by atoms with Gasteiger partial charge in [0.1, 0.15) is 11.7 Å². The number of benzene rings is 1. The van der Waals surface area contributed by atoms with E-state index in [4.69, 9.17) is 10.7 Å². The Labute approximate surface area is 162 Å². The fourth-order valence-electron chi connectivity index (χ4n) is 3.09. The van der Waals surface area contributed by atoms with Gasteiger partial charge in [-0.25, -0.2) is 9.18 Å². The molecule has 0 bridgehead atoms. The maximum absolute atomic E-state index is 12.3. The summed E-state index contributed by atoms with van der Waals surface area (Å²) in [5.74, 6) is 0.00141. The molecule has 28 heavy (non-hydrogen) atoms. The van der Waals surface area contributed by atoms with E-state index in [-0.39, 0.29) is 23.9 Å². The number of rotatable bonds is 2. The molecule has 4 rings (SSSR count). The van der Waals surface area contributed by atoms with E-state index in [1.807, 2.05) is 6.07 Å². The molecule has 2 amide bonds. The van der Waals surface area contributed by atoms with Crippen LogP contribution in [0.2, 0.25) is 0 Å². The third-order valence-electron chi connectivity index (χ3n) is 4.79. The summed E-state index contributed by atoms with van der Waals surface area (Å²) in [5.41, 5.74) is 1.11. The largest absolute Gasteiger partial charge is 0.335 e. The second kappa shape index (κ2) is 9.04. The van der Waals surface area contributed by atoms with Crippen LogP contribution in [0.4, 0.5) is 9.18 Å². The summed E-state index contributed by atoms with van der Waals surface area (Å²) in [6, 6.07) is 7.36. The molecule has 1 aliphatic carbocycles. The van der Waals surface area contributed by atoms with E-state index in [0.717, 1.165) is 25.0 Å². The number of carbonyl (C=O) groups is 1. The molecule has 2 aliphatic rings. The number of halogens is 1. The Morgan fingerprint density at radius 2 is 2.14 bits per heavy atom. The van der Waals surface area contributed by atoms with E-state index >= 15 is 0 Å². The standard InChI is InChI=1S/C13H17N5O.C7H4FN/c14-12-5-4-11(10-8-15-6-7-16-10)18(12)13(19)17-9-2-1-3-9;8-7-3-1-2-6(4-7)5-9/h6-9,11,14H,1-5H2,(H,17,19);1-4H. The van der Waals surface area contributed by atoms with Crippen molar-refractivity contribution in [3.05, 3.63) is 59.9 Å². The maximum atomic E-state index is 12.3. The molecule has 8 heteroatoms. The minimum atomic E-state index is -0.367. The summed E-state index contributed by atoms with van der Waals surface area (Å²) in [7, 11) is 0. The van der Waals surface area contributed by atoms with Crippen molar-refractivity contribution in [2.24, 2.45) is 0 Å². The Hall–Kier alpha value is -3.34. The molecule has 1 unspecified atom stereocenters. The van der Waals surface area contributed by atoms with E-state index in [9.17, 15) is 9.18 Å². The summed E-state index contributed by atoms with van der Waals surface area (Å²) in [4.78, 5) is 22.1. The van der Waals surface area contributed by atoms with E-state index in [1.165, 1.54) is 29.5 Å². The molecule has 1 saturated carbocycles. The minimum absolute atomic E-state index is 0.152. The molecule has 7 nitrogen and oxygen atoms in total. The van der Waals surface area contributed by atoms with Gasteiger partial charge in [0.25, 0.3) is 0 Å². The third-order valence-corrected chi connectivity index (χ3v) is 4.79. The molecule has 1 aromatic carbocycles. The van der Waals surface area contributed by atoms with E-state index < -0.39 is 0 Å². The number of nitriles is 1. The zero-order valence-corrected chi connectivity index (χ0v) is 15.3. The van der Waals surface area contributed by atoms with Gasteiger partial charge in [-0.2, -0.15) is 5.26 Å². The molecule has 2 heterocycles. The normalized spacial score (nSPS) is 18.5. The summed E-state index contributed by atoms with van der Waals surface area (Å²) in [5, 5.41) is 19.2. The molecule has 2 fully saturated rings. The van der Waals surface area contributed by atoms with Crippen LogP contribution in [0.3, 0.4) is 0 Å². The number of nitrogens with one attached hydrogen (secondary N) is 2. The fraction of sp³-hybridized carbons (Fsp3) is 0.350. The average Bonchev–Trinajstić information content (AvgIpc) is 3.07. The number of urea groups is 1. The van der Waals surface area contributed by atoms with Crippen LogP contribution in [0.5, 0.6) is 0 Å². The molecule has 1 saturated heterocycles. The van der Waals surface area contributed by atoms with E-state index in [0.29, 0.717) is 17.8 Å². The molecule has 144 valence electrons. The van der Waals surface area contributed by atoms with Crippen molar-refractivity contribution in [3.63, 3.8) is 0 Å². The minimum Gasteiger partial charge on any atom is -0.335 e. The lowest BCUT2D eigenvalue weighted by Crippen LogP contribution is -2.48. The Morgan fingerprint density at radius 1 is 1.32 bits per heavy atom. The van der Waals surface area contributed by atoms with Gasteiger partial charge in [0.2, 0.25) is 0 Å². The second-order valence-electron chi connectivity index (χ2n) is 6.70. The highest BCUT2D eigenvalue weighted by molar-refractivity contribution is 5.98. The van der Waals surface area contributed by atoms with Crippen LogP contribution in [0.1, 0.15) is 49.4 Å². The number of aromatic nitrogens is 2. The topological polar surface area (TPSA) is 106 Å². The number of carbonyl (C=O) groups excluding carboxylic acids is 1. The average molecular weight is 380 g/mol. The second-order valence-corrected chi connectivity index (χ2v) is 6.70. The van der Waals surface area contributed by atoms with Gasteiger partial charge in [0.05, 0.1) is 29.6 Å². The van der Waals surface area contributed by atoms with Crippen molar-refractivity contribution < 1.29 is 9.18 Å². The first kappa shape index (κ1) is 19.4. The van der Waals surface area contributed by atoms with Crippen molar-refractivity contribution >= 4 is 11.9 Å².